The lowest BCUT2D eigenvalue weighted by atomic mass is 10.1. The normalized spacial score (nSPS) is 27.8. The molecule has 1 heterocycles. The Morgan fingerprint density at radius 3 is 3.15 bits per heavy atom. The molecule has 0 radical (unpaired) electrons. The molecule has 1 aromatic heterocycles. The molecule has 2 unspecified atom stereocenters. The van der Waals surface area contributed by atoms with Crippen LogP contribution in [-0.4, -0.2) is 16.2 Å². The lowest BCUT2D eigenvalue weighted by Gasteiger charge is -2.11. The minimum Gasteiger partial charge on any atom is -0.380 e. The second-order valence-electron chi connectivity index (χ2n) is 3.92. The van der Waals surface area contributed by atoms with Gasteiger partial charge in [0.1, 0.15) is 0 Å². The molecule has 1 saturated carbocycles. The van der Waals surface area contributed by atoms with Gasteiger partial charge in [-0.2, -0.15) is 5.10 Å². The topological polar surface area (TPSA) is 40.7 Å². The van der Waals surface area contributed by atoms with Crippen molar-refractivity contribution in [3.63, 3.8) is 0 Å². The summed E-state index contributed by atoms with van der Waals surface area (Å²) in [7, 11) is 0. The lowest BCUT2D eigenvalue weighted by Crippen LogP contribution is -2.14. The van der Waals surface area contributed by atoms with Gasteiger partial charge in [0.25, 0.3) is 0 Å². The van der Waals surface area contributed by atoms with Gasteiger partial charge in [-0.05, 0) is 25.2 Å². The predicted octanol–water partition coefficient (Wildman–Crippen LogP) is 2.40. The molecule has 2 atom stereocenters. The van der Waals surface area contributed by atoms with Crippen LogP contribution < -0.4 is 5.32 Å². The van der Waals surface area contributed by atoms with Crippen LogP contribution in [0.25, 0.3) is 0 Å². The maximum absolute atomic E-state index is 3.92. The van der Waals surface area contributed by atoms with Crippen LogP contribution in [0.4, 0.5) is 5.69 Å². The Labute approximate surface area is 78.9 Å². The molecule has 0 spiro atoms. The second kappa shape index (κ2) is 3.81. The van der Waals surface area contributed by atoms with Gasteiger partial charge in [-0.1, -0.05) is 13.3 Å². The summed E-state index contributed by atoms with van der Waals surface area (Å²) in [6, 6.07) is 0.669. The van der Waals surface area contributed by atoms with Gasteiger partial charge in [-0.3, -0.25) is 5.10 Å². The van der Waals surface area contributed by atoms with Crippen molar-refractivity contribution in [2.45, 2.75) is 38.6 Å². The van der Waals surface area contributed by atoms with E-state index in [1.807, 2.05) is 12.4 Å². The van der Waals surface area contributed by atoms with Crippen LogP contribution in [0.3, 0.4) is 0 Å². The average molecular weight is 179 g/mol. The lowest BCUT2D eigenvalue weighted by molar-refractivity contribution is 0.525. The van der Waals surface area contributed by atoms with Gasteiger partial charge in [-0.25, -0.2) is 0 Å². The molecule has 2 N–H and O–H groups in total. The quantitative estimate of drug-likeness (QED) is 0.748. The number of H-pyrrole nitrogens is 1. The first-order chi connectivity index (χ1) is 6.38. The number of nitrogens with one attached hydrogen (secondary N) is 2. The van der Waals surface area contributed by atoms with Crippen molar-refractivity contribution in [1.82, 2.24) is 10.2 Å². The number of aromatic amines is 1. The Morgan fingerprint density at radius 1 is 1.62 bits per heavy atom. The van der Waals surface area contributed by atoms with Crippen molar-refractivity contribution in [3.05, 3.63) is 12.4 Å². The van der Waals surface area contributed by atoms with E-state index in [-0.39, 0.29) is 0 Å². The van der Waals surface area contributed by atoms with E-state index < -0.39 is 0 Å². The average Bonchev–Trinajstić information content (AvgIpc) is 2.76. The van der Waals surface area contributed by atoms with E-state index in [4.69, 9.17) is 0 Å². The molecule has 0 amide bonds. The Morgan fingerprint density at radius 2 is 2.54 bits per heavy atom. The zero-order valence-electron chi connectivity index (χ0n) is 8.09. The predicted molar refractivity (Wildman–Crippen MR) is 53.6 cm³/mol. The summed E-state index contributed by atoms with van der Waals surface area (Å²) in [5, 5.41) is 10.2. The van der Waals surface area contributed by atoms with E-state index in [1.165, 1.54) is 25.7 Å². The monoisotopic (exact) mass is 179 g/mol. The third kappa shape index (κ3) is 2.02. The van der Waals surface area contributed by atoms with Crippen LogP contribution in [0.1, 0.15) is 32.6 Å². The number of aromatic nitrogens is 2. The highest BCUT2D eigenvalue weighted by atomic mass is 15.1. The number of nitrogens with zero attached hydrogens (tertiary/aromatic N) is 1. The maximum atomic E-state index is 3.92. The zero-order chi connectivity index (χ0) is 9.10. The van der Waals surface area contributed by atoms with Crippen LogP contribution in [0.5, 0.6) is 0 Å². The highest BCUT2D eigenvalue weighted by molar-refractivity contribution is 5.38. The fourth-order valence-corrected chi connectivity index (χ4v) is 2.14. The van der Waals surface area contributed by atoms with Crippen LogP contribution >= 0.6 is 0 Å². The first kappa shape index (κ1) is 8.60. The number of hydrogen-bond acceptors (Lipinski definition) is 2. The summed E-state index contributed by atoms with van der Waals surface area (Å²) in [6.45, 7) is 2.28. The van der Waals surface area contributed by atoms with E-state index in [0.29, 0.717) is 6.04 Å². The summed E-state index contributed by atoms with van der Waals surface area (Å²) in [5.74, 6) is 0.935. The van der Waals surface area contributed by atoms with E-state index in [1.54, 1.807) is 0 Å². The molecule has 0 saturated heterocycles. The van der Waals surface area contributed by atoms with Gasteiger partial charge in [0.05, 0.1) is 11.9 Å². The van der Waals surface area contributed by atoms with E-state index in [0.717, 1.165) is 11.6 Å². The van der Waals surface area contributed by atoms with Gasteiger partial charge in [-0.15, -0.1) is 0 Å². The minimum atomic E-state index is 0.669. The van der Waals surface area contributed by atoms with Crippen LogP contribution in [0.15, 0.2) is 12.4 Å². The van der Waals surface area contributed by atoms with Gasteiger partial charge in [0.2, 0.25) is 0 Å². The molecule has 1 fully saturated rings. The summed E-state index contributed by atoms with van der Waals surface area (Å²) < 4.78 is 0. The maximum Gasteiger partial charge on any atom is 0.0725 e. The minimum absolute atomic E-state index is 0.669. The number of anilines is 1. The van der Waals surface area contributed by atoms with Crippen molar-refractivity contribution in [1.29, 1.82) is 0 Å². The molecule has 3 nitrogen and oxygen atoms in total. The first-order valence-electron chi connectivity index (χ1n) is 5.13. The summed E-state index contributed by atoms with van der Waals surface area (Å²) in [6.07, 6.45) is 9.10. The Balaban J connectivity index is 1.84. The van der Waals surface area contributed by atoms with Crippen molar-refractivity contribution in [2.75, 3.05) is 5.32 Å². The fraction of sp³-hybridized carbons (Fsp3) is 0.700. The van der Waals surface area contributed by atoms with Gasteiger partial charge >= 0.3 is 0 Å². The van der Waals surface area contributed by atoms with Crippen LogP contribution in [-0.2, 0) is 0 Å². The summed E-state index contributed by atoms with van der Waals surface area (Å²) >= 11 is 0. The second-order valence-corrected chi connectivity index (χ2v) is 3.92. The fourth-order valence-electron chi connectivity index (χ4n) is 2.14. The van der Waals surface area contributed by atoms with Crippen molar-refractivity contribution >= 4 is 5.69 Å². The molecule has 13 heavy (non-hydrogen) atoms. The molecule has 0 aromatic carbocycles. The Bertz CT molecular complexity index is 243. The molecule has 1 aliphatic carbocycles. The molecule has 0 aliphatic heterocycles. The molecule has 72 valence electrons. The number of hydrogen-bond donors (Lipinski definition) is 2. The standard InChI is InChI=1S/C10H17N3/c1-2-8-3-4-9(5-8)13-10-6-11-12-7-10/h6-9,13H,2-5H2,1H3,(H,11,12). The third-order valence-corrected chi connectivity index (χ3v) is 2.99. The van der Waals surface area contributed by atoms with E-state index in [2.05, 4.69) is 22.4 Å². The highest BCUT2D eigenvalue weighted by Crippen LogP contribution is 2.29. The van der Waals surface area contributed by atoms with Crippen molar-refractivity contribution in [2.24, 2.45) is 5.92 Å². The smallest absolute Gasteiger partial charge is 0.0725 e. The molecular formula is C10H17N3. The van der Waals surface area contributed by atoms with Crippen LogP contribution in [0, 0.1) is 5.92 Å². The first-order valence-corrected chi connectivity index (χ1v) is 5.13. The molecule has 1 aromatic rings. The van der Waals surface area contributed by atoms with E-state index in [9.17, 15) is 0 Å². The van der Waals surface area contributed by atoms with Gasteiger partial charge in [0, 0.05) is 12.2 Å². The van der Waals surface area contributed by atoms with Gasteiger partial charge in [0.15, 0.2) is 0 Å². The molecule has 2 rings (SSSR count). The largest absolute Gasteiger partial charge is 0.380 e. The summed E-state index contributed by atoms with van der Waals surface area (Å²) in [5.41, 5.74) is 1.13. The van der Waals surface area contributed by atoms with E-state index >= 15 is 0 Å². The molecule has 0 bridgehead atoms. The molecular weight excluding hydrogens is 162 g/mol. The van der Waals surface area contributed by atoms with Crippen molar-refractivity contribution in [3.8, 4) is 0 Å². The number of rotatable bonds is 3. The Kier molecular flexibility index (Phi) is 2.52. The Hall–Kier alpha value is -0.990. The highest BCUT2D eigenvalue weighted by Gasteiger charge is 2.22. The molecule has 3 heteroatoms. The SMILES string of the molecule is CCC1CCC(Nc2cn[nH]c2)C1. The third-order valence-electron chi connectivity index (χ3n) is 2.99. The van der Waals surface area contributed by atoms with Gasteiger partial charge < -0.3 is 5.32 Å². The van der Waals surface area contributed by atoms with Crippen molar-refractivity contribution < 1.29 is 0 Å². The zero-order valence-corrected chi connectivity index (χ0v) is 8.09. The van der Waals surface area contributed by atoms with Crippen LogP contribution in [0.2, 0.25) is 0 Å². The molecule has 1 aliphatic rings. The summed E-state index contributed by atoms with van der Waals surface area (Å²) in [4.78, 5) is 0.